The Morgan fingerprint density at radius 1 is 0.625 bits per heavy atom. The summed E-state index contributed by atoms with van der Waals surface area (Å²) in [5, 5.41) is 20.1. The molecule has 0 saturated carbocycles. The van der Waals surface area contributed by atoms with Crippen LogP contribution in [-0.4, -0.2) is 27.4 Å². The first-order valence-corrected chi connectivity index (χ1v) is 17.4. The molecule has 0 N–H and O–H groups in total. The summed E-state index contributed by atoms with van der Waals surface area (Å²) in [6.07, 6.45) is 12.9. The molecule has 0 heterocycles. The van der Waals surface area contributed by atoms with Crippen LogP contribution in [0.25, 0.3) is 23.3 Å². The zero-order valence-corrected chi connectivity index (χ0v) is 29.7. The topological polar surface area (TPSA) is 84.5 Å². The molecule has 0 bridgehead atoms. The molecule has 254 valence electrons. The van der Waals surface area contributed by atoms with E-state index in [1.54, 1.807) is 26.4 Å². The highest BCUT2D eigenvalue weighted by atomic mass is 16.5. The summed E-state index contributed by atoms with van der Waals surface area (Å²) in [4.78, 5) is 0. The Labute approximate surface area is 288 Å². The molecule has 0 radical (unpaired) electrons. The number of ether oxygens (including phenoxy) is 4. The molecule has 0 aliphatic rings. The van der Waals surface area contributed by atoms with Crippen molar-refractivity contribution in [1.29, 1.82) is 10.5 Å². The van der Waals surface area contributed by atoms with E-state index >= 15 is 0 Å². The van der Waals surface area contributed by atoms with Crippen LogP contribution >= 0.6 is 0 Å². The molecule has 6 heteroatoms. The van der Waals surface area contributed by atoms with Crippen LogP contribution in [0.5, 0.6) is 23.0 Å². The summed E-state index contributed by atoms with van der Waals surface area (Å²) in [6.45, 7) is 10.2. The first-order chi connectivity index (χ1) is 23.4. The number of hydrogen-bond acceptors (Lipinski definition) is 6. The summed E-state index contributed by atoms with van der Waals surface area (Å²) >= 11 is 0. The van der Waals surface area contributed by atoms with Crippen LogP contribution in [0.15, 0.2) is 60.7 Å². The fraction of sp³-hybridized carbons (Fsp3) is 0.429. The lowest BCUT2D eigenvalue weighted by Gasteiger charge is -2.16. The number of methoxy groups -OCH3 is 2. The molecule has 2 atom stereocenters. The first-order valence-electron chi connectivity index (χ1n) is 17.4. The van der Waals surface area contributed by atoms with Crippen molar-refractivity contribution in [3.05, 3.63) is 82.9 Å². The Morgan fingerprint density at radius 2 is 1.00 bits per heavy atom. The number of rotatable bonds is 20. The lowest BCUT2D eigenvalue weighted by Crippen LogP contribution is -2.11. The van der Waals surface area contributed by atoms with E-state index < -0.39 is 0 Å². The Hall–Kier alpha value is -4.68. The molecule has 0 aliphatic heterocycles. The van der Waals surface area contributed by atoms with Crippen LogP contribution in [0.3, 0.4) is 0 Å². The minimum Gasteiger partial charge on any atom is -0.496 e. The largest absolute Gasteiger partial charge is 0.496 e. The SMILES string of the molecule is CCCCC(CC)COc1ccc(/C(C#N)=C/c2cc(OC)c(/C=C(/C#N)c3ccc(OCC(CC)CCCC)cc3)cc2OC)cc1. The summed E-state index contributed by atoms with van der Waals surface area (Å²) < 4.78 is 23.6. The molecule has 0 aliphatic carbocycles. The zero-order valence-electron chi connectivity index (χ0n) is 29.7. The number of allylic oxidation sites excluding steroid dienone is 2. The lowest BCUT2D eigenvalue weighted by atomic mass is 9.99. The predicted molar refractivity (Wildman–Crippen MR) is 197 cm³/mol. The zero-order chi connectivity index (χ0) is 34.7. The molecule has 3 aromatic rings. The Bertz CT molecular complexity index is 1440. The van der Waals surface area contributed by atoms with Gasteiger partial charge in [0.15, 0.2) is 0 Å². The van der Waals surface area contributed by atoms with Crippen LogP contribution < -0.4 is 18.9 Å². The van der Waals surface area contributed by atoms with E-state index in [1.165, 1.54) is 38.5 Å². The van der Waals surface area contributed by atoms with Crippen molar-refractivity contribution >= 4 is 23.3 Å². The third-order valence-electron chi connectivity index (χ3n) is 8.81. The molecular weight excluding hydrogens is 596 g/mol. The fourth-order valence-electron chi connectivity index (χ4n) is 5.53. The Balaban J connectivity index is 1.81. The summed E-state index contributed by atoms with van der Waals surface area (Å²) in [7, 11) is 3.17. The van der Waals surface area contributed by atoms with Gasteiger partial charge in [0.25, 0.3) is 0 Å². The van der Waals surface area contributed by atoms with Gasteiger partial charge in [-0.2, -0.15) is 10.5 Å². The molecule has 2 unspecified atom stereocenters. The number of unbranched alkanes of at least 4 members (excludes halogenated alkanes) is 2. The maximum absolute atomic E-state index is 10.1. The average molecular weight is 649 g/mol. The van der Waals surface area contributed by atoms with Gasteiger partial charge in [-0.15, -0.1) is 0 Å². The van der Waals surface area contributed by atoms with Gasteiger partial charge in [0.1, 0.15) is 23.0 Å². The van der Waals surface area contributed by atoms with Crippen LogP contribution in [-0.2, 0) is 0 Å². The minimum absolute atomic E-state index is 0.482. The van der Waals surface area contributed by atoms with E-state index in [4.69, 9.17) is 18.9 Å². The van der Waals surface area contributed by atoms with Crippen molar-refractivity contribution in [2.24, 2.45) is 11.8 Å². The van der Waals surface area contributed by atoms with Crippen LogP contribution in [0.4, 0.5) is 0 Å². The molecule has 48 heavy (non-hydrogen) atoms. The monoisotopic (exact) mass is 648 g/mol. The normalized spacial score (nSPS) is 12.8. The smallest absolute Gasteiger partial charge is 0.126 e. The standard InChI is InChI=1S/C42H52N2O4/c1-7-11-13-31(9-3)29-47-39-19-15-33(16-20-39)37(27-43)23-35-25-42(46-6)36(26-41(35)45-5)24-38(28-44)34-17-21-40(22-18-34)48-30-32(10-4)14-12-8-2/h15-26,31-32H,7-14,29-30H2,1-6H3/b37-23-,38-24+. The second-order valence-corrected chi connectivity index (χ2v) is 12.2. The highest BCUT2D eigenvalue weighted by molar-refractivity contribution is 5.93. The van der Waals surface area contributed by atoms with Crippen molar-refractivity contribution < 1.29 is 18.9 Å². The minimum atomic E-state index is 0.482. The highest BCUT2D eigenvalue weighted by Crippen LogP contribution is 2.35. The van der Waals surface area contributed by atoms with Gasteiger partial charge in [-0.25, -0.2) is 0 Å². The number of benzene rings is 3. The van der Waals surface area contributed by atoms with E-state index in [0.29, 0.717) is 58.8 Å². The number of hydrogen-bond donors (Lipinski definition) is 0. The van der Waals surface area contributed by atoms with Crippen molar-refractivity contribution in [3.63, 3.8) is 0 Å². The molecule has 0 fully saturated rings. The van der Waals surface area contributed by atoms with Gasteiger partial charge < -0.3 is 18.9 Å². The van der Waals surface area contributed by atoms with E-state index in [2.05, 4.69) is 39.8 Å². The Morgan fingerprint density at radius 3 is 1.29 bits per heavy atom. The molecule has 0 spiro atoms. The van der Waals surface area contributed by atoms with Gasteiger partial charge in [-0.3, -0.25) is 0 Å². The number of nitrogens with zero attached hydrogens (tertiary/aromatic N) is 2. The number of nitriles is 2. The van der Waals surface area contributed by atoms with Crippen molar-refractivity contribution in [3.8, 4) is 35.1 Å². The fourth-order valence-corrected chi connectivity index (χ4v) is 5.53. The summed E-state index contributed by atoms with van der Waals surface area (Å²) in [5.41, 5.74) is 3.89. The van der Waals surface area contributed by atoms with Gasteiger partial charge in [-0.1, -0.05) is 66.2 Å². The van der Waals surface area contributed by atoms with Crippen molar-refractivity contribution in [2.45, 2.75) is 79.1 Å². The third-order valence-corrected chi connectivity index (χ3v) is 8.81. The van der Waals surface area contributed by atoms with E-state index in [9.17, 15) is 10.5 Å². The lowest BCUT2D eigenvalue weighted by molar-refractivity contribution is 0.233. The Kier molecular flexibility index (Phi) is 16.2. The van der Waals surface area contributed by atoms with Crippen molar-refractivity contribution in [2.75, 3.05) is 27.4 Å². The molecular formula is C42H52N2O4. The first kappa shape index (κ1) is 37.8. The summed E-state index contributed by atoms with van der Waals surface area (Å²) in [5.74, 6) is 3.79. The second kappa shape index (κ2) is 20.5. The van der Waals surface area contributed by atoms with E-state index in [0.717, 1.165) is 35.5 Å². The maximum Gasteiger partial charge on any atom is 0.126 e. The average Bonchev–Trinajstić information content (AvgIpc) is 3.13. The predicted octanol–water partition coefficient (Wildman–Crippen LogP) is 11.0. The summed E-state index contributed by atoms with van der Waals surface area (Å²) in [6, 6.07) is 23.6. The van der Waals surface area contributed by atoms with Crippen molar-refractivity contribution in [1.82, 2.24) is 0 Å². The van der Waals surface area contributed by atoms with Crippen LogP contribution in [0.1, 0.15) is 101 Å². The van der Waals surface area contributed by atoms with Gasteiger partial charge >= 0.3 is 0 Å². The second-order valence-electron chi connectivity index (χ2n) is 12.2. The van der Waals surface area contributed by atoms with E-state index in [-0.39, 0.29) is 0 Å². The molecule has 0 saturated heterocycles. The molecule has 0 aromatic heterocycles. The highest BCUT2D eigenvalue weighted by Gasteiger charge is 2.14. The quantitative estimate of drug-likeness (QED) is 0.0895. The van der Waals surface area contributed by atoms with Crippen LogP contribution in [0.2, 0.25) is 0 Å². The molecule has 3 rings (SSSR count). The third kappa shape index (κ3) is 11.2. The van der Waals surface area contributed by atoms with Gasteiger partial charge in [0, 0.05) is 11.1 Å². The van der Waals surface area contributed by atoms with Crippen LogP contribution in [0, 0.1) is 34.5 Å². The maximum atomic E-state index is 10.1. The van der Waals surface area contributed by atoms with E-state index in [1.807, 2.05) is 60.7 Å². The van der Waals surface area contributed by atoms with Gasteiger partial charge in [-0.05, 0) is 109 Å². The van der Waals surface area contributed by atoms with Gasteiger partial charge in [0.05, 0.1) is 50.7 Å². The molecule has 6 nitrogen and oxygen atoms in total. The molecule has 3 aromatic carbocycles. The molecule has 0 amide bonds. The van der Waals surface area contributed by atoms with Gasteiger partial charge in [0.2, 0.25) is 0 Å².